The fraction of sp³-hybridized carbons (Fsp3) is 0.619. The molecule has 2 N–H and O–H groups in total. The number of benzene rings is 1. The molecular weight excluding hydrogens is 406 g/mol. The summed E-state index contributed by atoms with van der Waals surface area (Å²) in [5, 5.41) is 3.02. The maximum Gasteiger partial charge on any atom is 0.241 e. The van der Waals surface area contributed by atoms with Gasteiger partial charge in [-0.2, -0.15) is 0 Å². The SMILES string of the molecule is O=C(CN(C[C@H]1CCCO1)C(=O)CNS(=O)(=O)c1ccccc1)NC1CCCCC1. The molecule has 2 amide bonds. The van der Waals surface area contributed by atoms with E-state index in [0.29, 0.717) is 6.61 Å². The second-order valence-corrected chi connectivity index (χ2v) is 9.72. The molecule has 8 nitrogen and oxygen atoms in total. The molecule has 1 saturated carbocycles. The van der Waals surface area contributed by atoms with E-state index >= 15 is 0 Å². The number of nitrogens with one attached hydrogen (secondary N) is 2. The van der Waals surface area contributed by atoms with Crippen molar-refractivity contribution in [3.8, 4) is 0 Å². The predicted molar refractivity (Wildman–Crippen MR) is 112 cm³/mol. The summed E-state index contributed by atoms with van der Waals surface area (Å²) in [5.41, 5.74) is 0. The molecule has 2 aliphatic rings. The molecule has 1 aromatic carbocycles. The van der Waals surface area contributed by atoms with Gasteiger partial charge in [-0.05, 0) is 37.8 Å². The lowest BCUT2D eigenvalue weighted by atomic mass is 9.95. The van der Waals surface area contributed by atoms with E-state index in [-0.39, 0.29) is 36.0 Å². The molecule has 30 heavy (non-hydrogen) atoms. The van der Waals surface area contributed by atoms with Crippen molar-refractivity contribution < 1.29 is 22.7 Å². The molecule has 9 heteroatoms. The van der Waals surface area contributed by atoms with Crippen molar-refractivity contribution in [2.45, 2.75) is 62.0 Å². The van der Waals surface area contributed by atoms with Crippen LogP contribution in [0.1, 0.15) is 44.9 Å². The second kappa shape index (κ2) is 10.9. The molecule has 2 fully saturated rings. The smallest absolute Gasteiger partial charge is 0.241 e. The fourth-order valence-electron chi connectivity index (χ4n) is 3.93. The molecule has 1 aromatic rings. The molecule has 0 spiro atoms. The number of nitrogens with zero attached hydrogens (tertiary/aromatic N) is 1. The van der Waals surface area contributed by atoms with E-state index in [1.165, 1.54) is 23.5 Å². The van der Waals surface area contributed by atoms with Gasteiger partial charge in [-0.25, -0.2) is 13.1 Å². The van der Waals surface area contributed by atoms with Gasteiger partial charge in [0.2, 0.25) is 21.8 Å². The van der Waals surface area contributed by atoms with Gasteiger partial charge in [-0.3, -0.25) is 9.59 Å². The number of rotatable bonds is 9. The average molecular weight is 438 g/mol. The van der Waals surface area contributed by atoms with Crippen LogP contribution >= 0.6 is 0 Å². The molecule has 1 atom stereocenters. The van der Waals surface area contributed by atoms with Gasteiger partial charge < -0.3 is 15.0 Å². The highest BCUT2D eigenvalue weighted by atomic mass is 32.2. The number of hydrogen-bond donors (Lipinski definition) is 2. The zero-order valence-corrected chi connectivity index (χ0v) is 18.0. The van der Waals surface area contributed by atoms with Crippen LogP contribution in [0.3, 0.4) is 0 Å². The van der Waals surface area contributed by atoms with Crippen LogP contribution in [-0.4, -0.2) is 63.5 Å². The summed E-state index contributed by atoms with van der Waals surface area (Å²) in [7, 11) is -3.80. The first kappa shape index (κ1) is 22.7. The van der Waals surface area contributed by atoms with Crippen molar-refractivity contribution in [1.82, 2.24) is 14.9 Å². The molecule has 3 rings (SSSR count). The Morgan fingerprint density at radius 3 is 2.43 bits per heavy atom. The van der Waals surface area contributed by atoms with Crippen LogP contribution in [0.25, 0.3) is 0 Å². The molecule has 1 saturated heterocycles. The van der Waals surface area contributed by atoms with Crippen molar-refractivity contribution >= 4 is 21.8 Å². The Morgan fingerprint density at radius 1 is 1.03 bits per heavy atom. The third-order valence-electron chi connectivity index (χ3n) is 5.57. The molecule has 0 bridgehead atoms. The third-order valence-corrected chi connectivity index (χ3v) is 6.99. The van der Waals surface area contributed by atoms with Crippen LogP contribution in [-0.2, 0) is 24.3 Å². The van der Waals surface area contributed by atoms with E-state index in [1.54, 1.807) is 18.2 Å². The molecule has 1 heterocycles. The minimum atomic E-state index is -3.80. The first-order chi connectivity index (χ1) is 14.4. The lowest BCUT2D eigenvalue weighted by Crippen LogP contribution is -2.49. The maximum absolute atomic E-state index is 12.8. The Labute approximate surface area is 178 Å². The Morgan fingerprint density at radius 2 is 1.77 bits per heavy atom. The molecule has 0 aromatic heterocycles. The van der Waals surface area contributed by atoms with Crippen LogP contribution < -0.4 is 10.0 Å². The lowest BCUT2D eigenvalue weighted by molar-refractivity contribution is -0.136. The van der Waals surface area contributed by atoms with E-state index in [0.717, 1.165) is 38.5 Å². The molecule has 0 unspecified atom stereocenters. The first-order valence-electron chi connectivity index (χ1n) is 10.7. The quantitative estimate of drug-likeness (QED) is 0.608. The van der Waals surface area contributed by atoms with Gasteiger partial charge >= 0.3 is 0 Å². The monoisotopic (exact) mass is 437 g/mol. The zero-order chi connectivity index (χ0) is 21.4. The molecular formula is C21H31N3O5S. The summed E-state index contributed by atoms with van der Waals surface area (Å²) >= 11 is 0. The topological polar surface area (TPSA) is 105 Å². The van der Waals surface area contributed by atoms with Crippen LogP contribution in [0.15, 0.2) is 35.2 Å². The van der Waals surface area contributed by atoms with Gasteiger partial charge in [0.25, 0.3) is 0 Å². The number of carbonyl (C=O) groups excluding carboxylic acids is 2. The number of ether oxygens (including phenoxy) is 1. The highest BCUT2D eigenvalue weighted by Gasteiger charge is 2.26. The predicted octanol–water partition coefficient (Wildman–Crippen LogP) is 1.42. The van der Waals surface area contributed by atoms with E-state index in [1.807, 2.05) is 0 Å². The number of sulfonamides is 1. The Hall–Kier alpha value is -1.97. The summed E-state index contributed by atoms with van der Waals surface area (Å²) < 4.78 is 32.8. The highest BCUT2D eigenvalue weighted by Crippen LogP contribution is 2.18. The molecule has 1 aliphatic heterocycles. The van der Waals surface area contributed by atoms with Crippen molar-refractivity contribution in [1.29, 1.82) is 0 Å². The van der Waals surface area contributed by atoms with Crippen LogP contribution in [0, 0.1) is 0 Å². The van der Waals surface area contributed by atoms with Gasteiger partial charge in [0.15, 0.2) is 0 Å². The fourth-order valence-corrected chi connectivity index (χ4v) is 4.93. The molecule has 166 valence electrons. The average Bonchev–Trinajstić information content (AvgIpc) is 3.26. The van der Waals surface area contributed by atoms with E-state index < -0.39 is 22.5 Å². The van der Waals surface area contributed by atoms with Gasteiger partial charge in [0, 0.05) is 19.2 Å². The third kappa shape index (κ3) is 6.78. The van der Waals surface area contributed by atoms with E-state index in [9.17, 15) is 18.0 Å². The summed E-state index contributed by atoms with van der Waals surface area (Å²) in [6.07, 6.45) is 6.94. The van der Waals surface area contributed by atoms with E-state index in [4.69, 9.17) is 4.74 Å². The Kier molecular flexibility index (Phi) is 8.24. The van der Waals surface area contributed by atoms with Gasteiger partial charge in [0.1, 0.15) is 0 Å². The minimum Gasteiger partial charge on any atom is -0.376 e. The molecule has 0 radical (unpaired) electrons. The first-order valence-corrected chi connectivity index (χ1v) is 12.2. The summed E-state index contributed by atoms with van der Waals surface area (Å²) in [6.45, 7) is 0.425. The number of amides is 2. The molecule has 1 aliphatic carbocycles. The van der Waals surface area contributed by atoms with Crippen molar-refractivity contribution in [3.05, 3.63) is 30.3 Å². The highest BCUT2D eigenvalue weighted by molar-refractivity contribution is 7.89. The van der Waals surface area contributed by atoms with Gasteiger partial charge in [-0.15, -0.1) is 0 Å². The largest absolute Gasteiger partial charge is 0.376 e. The van der Waals surface area contributed by atoms with Crippen LogP contribution in [0.2, 0.25) is 0 Å². The van der Waals surface area contributed by atoms with Gasteiger partial charge in [0.05, 0.1) is 24.1 Å². The van der Waals surface area contributed by atoms with Crippen LogP contribution in [0.4, 0.5) is 0 Å². The number of hydrogen-bond acceptors (Lipinski definition) is 5. The summed E-state index contributed by atoms with van der Waals surface area (Å²) in [4.78, 5) is 26.8. The van der Waals surface area contributed by atoms with E-state index in [2.05, 4.69) is 10.0 Å². The number of carbonyl (C=O) groups is 2. The normalized spacial score (nSPS) is 20.1. The maximum atomic E-state index is 12.8. The Bertz CT molecular complexity index is 803. The Balaban J connectivity index is 1.58. The zero-order valence-electron chi connectivity index (χ0n) is 17.2. The second-order valence-electron chi connectivity index (χ2n) is 7.95. The van der Waals surface area contributed by atoms with Crippen molar-refractivity contribution in [3.63, 3.8) is 0 Å². The summed E-state index contributed by atoms with van der Waals surface area (Å²) in [5.74, 6) is -0.650. The van der Waals surface area contributed by atoms with Crippen LogP contribution in [0.5, 0.6) is 0 Å². The standard InChI is InChI=1S/C21H31N3O5S/c25-20(23-17-8-3-1-4-9-17)16-24(15-18-10-7-13-29-18)21(26)14-22-30(27,28)19-11-5-2-6-12-19/h2,5-6,11-12,17-18,22H,1,3-4,7-10,13-16H2,(H,23,25)/t18-/m1/s1. The van der Waals surface area contributed by atoms with Crippen molar-refractivity contribution in [2.24, 2.45) is 0 Å². The summed E-state index contributed by atoms with van der Waals surface area (Å²) in [6, 6.07) is 8.05. The minimum absolute atomic E-state index is 0.0950. The van der Waals surface area contributed by atoms with Crippen molar-refractivity contribution in [2.75, 3.05) is 26.2 Å². The van der Waals surface area contributed by atoms with Gasteiger partial charge in [-0.1, -0.05) is 37.5 Å². The lowest BCUT2D eigenvalue weighted by Gasteiger charge is -2.27.